The van der Waals surface area contributed by atoms with E-state index in [1.54, 1.807) is 0 Å². The van der Waals surface area contributed by atoms with Crippen LogP contribution >= 0.6 is 0 Å². The number of hydrogen-bond donors (Lipinski definition) is 0. The van der Waals surface area contributed by atoms with Gasteiger partial charge in [-0.1, -0.05) is 31.2 Å². The number of nitrogens with zero attached hydrogens (tertiary/aromatic N) is 1. The molecule has 0 bridgehead atoms. The van der Waals surface area contributed by atoms with Crippen LogP contribution in [-0.4, -0.2) is 36.6 Å². The molecule has 0 aromatic carbocycles. The van der Waals surface area contributed by atoms with Crippen LogP contribution in [0.4, 0.5) is 0 Å². The van der Waals surface area contributed by atoms with Gasteiger partial charge in [-0.15, -0.1) is 0 Å². The van der Waals surface area contributed by atoms with Crippen molar-refractivity contribution in [2.75, 3.05) is 19.7 Å². The summed E-state index contributed by atoms with van der Waals surface area (Å²) in [6.07, 6.45) is 10.6. The predicted octanol–water partition coefficient (Wildman–Crippen LogP) is 2.15. The zero-order valence-corrected chi connectivity index (χ0v) is 10.7. The predicted molar refractivity (Wildman–Crippen MR) is 67.6 cm³/mol. The summed E-state index contributed by atoms with van der Waals surface area (Å²) in [5.41, 5.74) is 0.167. The third-order valence-corrected chi connectivity index (χ3v) is 3.58. The molecule has 0 N–H and O–H groups in total. The lowest BCUT2D eigenvalue weighted by molar-refractivity contribution is -0.155. The largest absolute Gasteiger partial charge is 0.465 e. The summed E-state index contributed by atoms with van der Waals surface area (Å²) in [6, 6.07) is -0.00826. The van der Waals surface area contributed by atoms with Crippen LogP contribution in [0.5, 0.6) is 0 Å². The number of allylic oxidation sites excluding steroid dienone is 3. The summed E-state index contributed by atoms with van der Waals surface area (Å²) in [5, 5.41) is 0. The zero-order chi connectivity index (χ0) is 12.3. The van der Waals surface area contributed by atoms with Crippen molar-refractivity contribution in [2.45, 2.75) is 32.7 Å². The highest BCUT2D eigenvalue weighted by Gasteiger charge is 2.38. The molecular weight excluding hydrogens is 214 g/mol. The van der Waals surface area contributed by atoms with Crippen molar-refractivity contribution in [2.24, 2.45) is 5.41 Å². The Kier molecular flexibility index (Phi) is 3.67. The zero-order valence-electron chi connectivity index (χ0n) is 10.7. The molecule has 0 saturated carbocycles. The molecule has 1 aliphatic carbocycles. The Morgan fingerprint density at radius 1 is 1.53 bits per heavy atom. The van der Waals surface area contributed by atoms with Gasteiger partial charge in [0.2, 0.25) is 0 Å². The van der Waals surface area contributed by atoms with Crippen LogP contribution in [0.15, 0.2) is 24.3 Å². The molecule has 1 aliphatic heterocycles. The summed E-state index contributed by atoms with van der Waals surface area (Å²) in [5.74, 6) is -0.0577. The maximum absolute atomic E-state index is 11.7. The van der Waals surface area contributed by atoms with Crippen LogP contribution in [0.1, 0.15) is 26.7 Å². The van der Waals surface area contributed by atoms with Crippen molar-refractivity contribution in [3.8, 4) is 0 Å². The molecule has 3 heteroatoms. The van der Waals surface area contributed by atoms with Crippen LogP contribution in [0, 0.1) is 5.41 Å². The van der Waals surface area contributed by atoms with Crippen LogP contribution in [-0.2, 0) is 9.53 Å². The van der Waals surface area contributed by atoms with E-state index in [1.165, 1.54) is 0 Å². The molecule has 0 radical (unpaired) electrons. The van der Waals surface area contributed by atoms with Crippen molar-refractivity contribution in [3.05, 3.63) is 24.3 Å². The van der Waals surface area contributed by atoms with Crippen molar-refractivity contribution >= 4 is 5.97 Å². The molecule has 2 aliphatic rings. The van der Waals surface area contributed by atoms with Gasteiger partial charge in [-0.25, -0.2) is 0 Å². The highest BCUT2D eigenvalue weighted by atomic mass is 16.5. The van der Waals surface area contributed by atoms with E-state index in [1.807, 2.05) is 6.92 Å². The number of ether oxygens (including phenoxy) is 1. The maximum atomic E-state index is 11.7. The normalized spacial score (nSPS) is 32.2. The SMILES string of the molecule is CCOC(=O)C1CCN1CC1(C)C=CC=CC1. The van der Waals surface area contributed by atoms with Gasteiger partial charge in [0.1, 0.15) is 6.04 Å². The van der Waals surface area contributed by atoms with E-state index < -0.39 is 0 Å². The lowest BCUT2D eigenvalue weighted by atomic mass is 9.81. The molecule has 3 nitrogen and oxygen atoms in total. The number of likely N-dealkylation sites (tertiary alicyclic amines) is 1. The van der Waals surface area contributed by atoms with Gasteiger partial charge in [0.25, 0.3) is 0 Å². The van der Waals surface area contributed by atoms with Gasteiger partial charge in [-0.05, 0) is 19.8 Å². The van der Waals surface area contributed by atoms with E-state index in [-0.39, 0.29) is 17.4 Å². The van der Waals surface area contributed by atoms with E-state index in [0.29, 0.717) is 6.61 Å². The summed E-state index contributed by atoms with van der Waals surface area (Å²) in [4.78, 5) is 13.9. The Labute approximate surface area is 103 Å². The molecule has 0 amide bonds. The first-order valence-corrected chi connectivity index (χ1v) is 6.40. The Bertz CT molecular complexity index is 348. The third kappa shape index (κ3) is 2.78. The molecule has 1 saturated heterocycles. The minimum Gasteiger partial charge on any atom is -0.465 e. The third-order valence-electron chi connectivity index (χ3n) is 3.58. The maximum Gasteiger partial charge on any atom is 0.323 e. The highest BCUT2D eigenvalue weighted by Crippen LogP contribution is 2.32. The summed E-state index contributed by atoms with van der Waals surface area (Å²) < 4.78 is 5.09. The van der Waals surface area contributed by atoms with Crippen molar-refractivity contribution < 1.29 is 9.53 Å². The molecule has 0 aromatic rings. The second-order valence-electron chi connectivity index (χ2n) is 5.17. The van der Waals surface area contributed by atoms with E-state index in [0.717, 1.165) is 25.9 Å². The summed E-state index contributed by atoms with van der Waals surface area (Å²) in [6.45, 7) is 6.53. The minimum atomic E-state index is -0.0577. The lowest BCUT2D eigenvalue weighted by Crippen LogP contribution is -2.55. The van der Waals surface area contributed by atoms with Gasteiger partial charge in [0.15, 0.2) is 0 Å². The van der Waals surface area contributed by atoms with Gasteiger partial charge in [-0.3, -0.25) is 9.69 Å². The Morgan fingerprint density at radius 3 is 2.88 bits per heavy atom. The molecule has 1 heterocycles. The molecule has 17 heavy (non-hydrogen) atoms. The number of carbonyl (C=O) groups excluding carboxylic acids is 1. The van der Waals surface area contributed by atoms with Gasteiger partial charge < -0.3 is 4.74 Å². The Hall–Kier alpha value is -1.09. The average molecular weight is 235 g/mol. The second-order valence-corrected chi connectivity index (χ2v) is 5.17. The second kappa shape index (κ2) is 5.05. The first kappa shape index (κ1) is 12.4. The first-order valence-electron chi connectivity index (χ1n) is 6.40. The molecule has 2 rings (SSSR count). The molecule has 94 valence electrons. The molecule has 2 unspecified atom stereocenters. The molecule has 0 spiro atoms. The minimum absolute atomic E-state index is 0.00826. The first-order chi connectivity index (χ1) is 8.14. The molecular formula is C14H21NO2. The van der Waals surface area contributed by atoms with Crippen LogP contribution in [0.2, 0.25) is 0 Å². The van der Waals surface area contributed by atoms with E-state index in [4.69, 9.17) is 4.74 Å². The van der Waals surface area contributed by atoms with Gasteiger partial charge in [0.05, 0.1) is 6.61 Å². The molecule has 0 aromatic heterocycles. The number of rotatable bonds is 4. The quantitative estimate of drug-likeness (QED) is 0.699. The number of hydrogen-bond acceptors (Lipinski definition) is 3. The smallest absolute Gasteiger partial charge is 0.323 e. The van der Waals surface area contributed by atoms with Gasteiger partial charge >= 0.3 is 5.97 Å². The number of esters is 1. The fraction of sp³-hybridized carbons (Fsp3) is 0.643. The average Bonchev–Trinajstić information content (AvgIpc) is 2.26. The van der Waals surface area contributed by atoms with Crippen molar-refractivity contribution in [1.82, 2.24) is 4.90 Å². The van der Waals surface area contributed by atoms with E-state index in [9.17, 15) is 4.79 Å². The fourth-order valence-electron chi connectivity index (χ4n) is 2.49. The number of carbonyl (C=O) groups is 1. The molecule has 1 fully saturated rings. The monoisotopic (exact) mass is 235 g/mol. The van der Waals surface area contributed by atoms with Gasteiger partial charge in [-0.2, -0.15) is 0 Å². The highest BCUT2D eigenvalue weighted by molar-refractivity contribution is 5.76. The lowest BCUT2D eigenvalue weighted by Gasteiger charge is -2.43. The fourth-order valence-corrected chi connectivity index (χ4v) is 2.49. The van der Waals surface area contributed by atoms with Gasteiger partial charge in [0, 0.05) is 18.5 Å². The van der Waals surface area contributed by atoms with E-state index in [2.05, 4.69) is 36.1 Å². The Morgan fingerprint density at radius 2 is 2.35 bits per heavy atom. The Balaban J connectivity index is 1.89. The molecule has 2 atom stereocenters. The van der Waals surface area contributed by atoms with Crippen LogP contribution in [0.3, 0.4) is 0 Å². The summed E-state index contributed by atoms with van der Waals surface area (Å²) in [7, 11) is 0. The van der Waals surface area contributed by atoms with Crippen LogP contribution in [0.25, 0.3) is 0 Å². The topological polar surface area (TPSA) is 29.5 Å². The van der Waals surface area contributed by atoms with E-state index >= 15 is 0 Å². The van der Waals surface area contributed by atoms with Crippen LogP contribution < -0.4 is 0 Å². The standard InChI is InChI=1S/C14H21NO2/c1-3-17-13(16)12-7-10-15(12)11-14(2)8-5-4-6-9-14/h4-6,8,12H,3,7,9-11H2,1-2H3. The van der Waals surface area contributed by atoms with Crippen molar-refractivity contribution in [1.29, 1.82) is 0 Å². The summed E-state index contributed by atoms with van der Waals surface area (Å²) >= 11 is 0. The van der Waals surface area contributed by atoms with Crippen molar-refractivity contribution in [3.63, 3.8) is 0 Å².